The van der Waals surface area contributed by atoms with Crippen molar-refractivity contribution in [3.63, 3.8) is 0 Å². The molecular formula is C20H24N2O6. The van der Waals surface area contributed by atoms with E-state index in [1.807, 2.05) is 0 Å². The zero-order chi connectivity index (χ0) is 20.8. The van der Waals surface area contributed by atoms with Gasteiger partial charge in [-0.05, 0) is 62.8 Å². The Hall–Kier alpha value is -3.16. The van der Waals surface area contributed by atoms with Crippen LogP contribution in [-0.2, 0) is 12.8 Å². The van der Waals surface area contributed by atoms with Crippen molar-refractivity contribution in [2.75, 3.05) is 0 Å². The Balaban J connectivity index is 1.93. The van der Waals surface area contributed by atoms with Gasteiger partial charge >= 0.3 is 11.4 Å². The van der Waals surface area contributed by atoms with Crippen molar-refractivity contribution in [3.05, 3.63) is 66.7 Å². The number of phenols is 2. The zero-order valence-corrected chi connectivity index (χ0v) is 16.0. The van der Waals surface area contributed by atoms with Crippen LogP contribution < -0.4 is 0 Å². The number of phenolic OH excluding ortho intramolecular Hbond substituents is 2. The molecule has 8 heteroatoms. The number of nitro groups is 2. The summed E-state index contributed by atoms with van der Waals surface area (Å²) in [7, 11) is 0. The molecule has 0 aliphatic carbocycles. The smallest absolute Gasteiger partial charge is 0.314 e. The fraction of sp³-hybridized carbons (Fsp3) is 0.400. The number of aromatic hydroxyl groups is 2. The number of hydrogen-bond donors (Lipinski definition) is 2. The van der Waals surface area contributed by atoms with Gasteiger partial charge in [-0.15, -0.1) is 0 Å². The molecule has 0 fully saturated rings. The first-order chi connectivity index (χ1) is 13.2. The molecule has 0 aliphatic heterocycles. The zero-order valence-electron chi connectivity index (χ0n) is 16.0. The lowest BCUT2D eigenvalue weighted by Gasteiger charge is -2.09. The van der Waals surface area contributed by atoms with Gasteiger partial charge in [0.15, 0.2) is 11.5 Å². The number of nitrogens with zero attached hydrogens (tertiary/aromatic N) is 2. The highest BCUT2D eigenvalue weighted by Gasteiger charge is 2.22. The molecule has 8 nitrogen and oxygen atoms in total. The van der Waals surface area contributed by atoms with Crippen molar-refractivity contribution in [2.45, 2.75) is 52.4 Å². The van der Waals surface area contributed by atoms with Crippen LogP contribution in [0.25, 0.3) is 0 Å². The number of aryl methyl sites for hydroxylation is 2. The van der Waals surface area contributed by atoms with Gasteiger partial charge in [0.05, 0.1) is 9.85 Å². The van der Waals surface area contributed by atoms with E-state index >= 15 is 0 Å². The lowest BCUT2D eigenvalue weighted by molar-refractivity contribution is -0.386. The van der Waals surface area contributed by atoms with Gasteiger partial charge in [0.1, 0.15) is 0 Å². The summed E-state index contributed by atoms with van der Waals surface area (Å²) in [5.41, 5.74) is 2.18. The molecule has 0 saturated heterocycles. The number of unbranched alkanes of at least 4 members (excludes halogenated alkanes) is 3. The monoisotopic (exact) mass is 388 g/mol. The number of nitro benzene ring substituents is 2. The highest BCUT2D eigenvalue weighted by molar-refractivity contribution is 5.56. The van der Waals surface area contributed by atoms with E-state index in [-0.39, 0.29) is 22.9 Å². The highest BCUT2D eigenvalue weighted by atomic mass is 16.6. The SMILES string of the molecule is Cc1ccc(O)c([N+](=O)[O-])c1CCCCCCc1c(C)ccc(O)c1[N+](=O)[O-]. The minimum atomic E-state index is -0.554. The maximum absolute atomic E-state index is 11.2. The average molecular weight is 388 g/mol. The molecule has 2 aromatic rings. The summed E-state index contributed by atoms with van der Waals surface area (Å²) in [6.07, 6.45) is 4.01. The van der Waals surface area contributed by atoms with Crippen molar-refractivity contribution >= 4 is 11.4 Å². The van der Waals surface area contributed by atoms with E-state index in [4.69, 9.17) is 0 Å². The van der Waals surface area contributed by atoms with Gasteiger partial charge in [-0.25, -0.2) is 0 Å². The lowest BCUT2D eigenvalue weighted by atomic mass is 9.97. The lowest BCUT2D eigenvalue weighted by Crippen LogP contribution is -2.00. The summed E-state index contributed by atoms with van der Waals surface area (Å²) in [4.78, 5) is 21.3. The van der Waals surface area contributed by atoms with E-state index in [9.17, 15) is 30.4 Å². The standard InChI is InChI=1S/C20H24N2O6/c1-13-9-11-17(23)19(21(25)26)15(13)7-5-3-4-6-8-16-14(2)10-12-18(24)20(16)22(27)28/h9-12,23-24H,3-8H2,1-2H3. The summed E-state index contributed by atoms with van der Waals surface area (Å²) in [6, 6.07) is 6.01. The Labute approximate surface area is 162 Å². The van der Waals surface area contributed by atoms with Crippen LogP contribution in [0.15, 0.2) is 24.3 Å². The van der Waals surface area contributed by atoms with Crippen LogP contribution in [0.4, 0.5) is 11.4 Å². The molecule has 2 rings (SSSR count). The molecule has 0 aromatic heterocycles. The first-order valence-corrected chi connectivity index (χ1v) is 9.15. The van der Waals surface area contributed by atoms with Crippen LogP contribution in [0, 0.1) is 34.1 Å². The molecule has 0 spiro atoms. The molecule has 0 heterocycles. The Kier molecular flexibility index (Phi) is 6.92. The molecule has 0 bridgehead atoms. The topological polar surface area (TPSA) is 127 Å². The van der Waals surface area contributed by atoms with Gasteiger partial charge in [-0.1, -0.05) is 25.0 Å². The average Bonchev–Trinajstić information content (AvgIpc) is 2.62. The molecule has 2 N–H and O–H groups in total. The molecule has 0 saturated carbocycles. The predicted molar refractivity (Wildman–Crippen MR) is 105 cm³/mol. The van der Waals surface area contributed by atoms with Gasteiger partial charge in [-0.3, -0.25) is 20.2 Å². The molecule has 2 aromatic carbocycles. The van der Waals surface area contributed by atoms with E-state index in [1.165, 1.54) is 12.1 Å². The molecule has 0 aliphatic rings. The van der Waals surface area contributed by atoms with Gasteiger partial charge in [0.2, 0.25) is 0 Å². The number of benzene rings is 2. The first-order valence-electron chi connectivity index (χ1n) is 9.15. The summed E-state index contributed by atoms with van der Waals surface area (Å²) >= 11 is 0. The minimum absolute atomic E-state index is 0.231. The second-order valence-corrected chi connectivity index (χ2v) is 6.89. The summed E-state index contributed by atoms with van der Waals surface area (Å²) in [6.45, 7) is 3.57. The quantitative estimate of drug-likeness (QED) is 0.358. The van der Waals surface area contributed by atoms with Gasteiger partial charge in [0.25, 0.3) is 0 Å². The summed E-state index contributed by atoms with van der Waals surface area (Å²) < 4.78 is 0. The Morgan fingerprint density at radius 1 is 0.714 bits per heavy atom. The third kappa shape index (κ3) is 4.76. The predicted octanol–water partition coefficient (Wildman–Crippen LogP) is 4.88. The maximum atomic E-state index is 11.2. The maximum Gasteiger partial charge on any atom is 0.314 e. The first kappa shape index (κ1) is 21.1. The Morgan fingerprint density at radius 2 is 1.07 bits per heavy atom. The van der Waals surface area contributed by atoms with Crippen LogP contribution in [0.5, 0.6) is 11.5 Å². The largest absolute Gasteiger partial charge is 0.502 e. The Bertz CT molecular complexity index is 821. The second-order valence-electron chi connectivity index (χ2n) is 6.89. The van der Waals surface area contributed by atoms with Crippen LogP contribution in [0.1, 0.15) is 47.9 Å². The number of hydrogen-bond acceptors (Lipinski definition) is 6. The second kappa shape index (κ2) is 9.16. The van der Waals surface area contributed by atoms with E-state index < -0.39 is 9.85 Å². The normalized spacial score (nSPS) is 10.8. The fourth-order valence-electron chi connectivity index (χ4n) is 3.45. The van der Waals surface area contributed by atoms with Gasteiger partial charge < -0.3 is 10.2 Å². The van der Waals surface area contributed by atoms with E-state index in [2.05, 4.69) is 0 Å². The Morgan fingerprint density at radius 3 is 1.39 bits per heavy atom. The van der Waals surface area contributed by atoms with Crippen molar-refractivity contribution < 1.29 is 20.1 Å². The minimum Gasteiger partial charge on any atom is -0.502 e. The van der Waals surface area contributed by atoms with Gasteiger partial charge in [-0.2, -0.15) is 0 Å². The van der Waals surface area contributed by atoms with Crippen LogP contribution in [0.3, 0.4) is 0 Å². The summed E-state index contributed by atoms with van der Waals surface area (Å²) in [5.74, 6) is -0.644. The van der Waals surface area contributed by atoms with Crippen molar-refractivity contribution in [1.29, 1.82) is 0 Å². The molecule has 0 atom stereocenters. The van der Waals surface area contributed by atoms with Crippen LogP contribution >= 0.6 is 0 Å². The highest BCUT2D eigenvalue weighted by Crippen LogP contribution is 2.34. The molecule has 150 valence electrons. The van der Waals surface area contributed by atoms with Gasteiger partial charge in [0, 0.05) is 11.1 Å². The van der Waals surface area contributed by atoms with E-state index in [0.29, 0.717) is 36.8 Å². The van der Waals surface area contributed by atoms with Crippen molar-refractivity contribution in [1.82, 2.24) is 0 Å². The summed E-state index contributed by atoms with van der Waals surface area (Å²) in [5, 5.41) is 41.9. The fourth-order valence-corrected chi connectivity index (χ4v) is 3.45. The third-order valence-electron chi connectivity index (χ3n) is 4.96. The van der Waals surface area contributed by atoms with Crippen LogP contribution in [0.2, 0.25) is 0 Å². The number of rotatable bonds is 9. The molecule has 28 heavy (non-hydrogen) atoms. The van der Waals surface area contributed by atoms with Crippen molar-refractivity contribution in [2.24, 2.45) is 0 Å². The molecular weight excluding hydrogens is 364 g/mol. The third-order valence-corrected chi connectivity index (χ3v) is 4.96. The van der Waals surface area contributed by atoms with E-state index in [1.54, 1.807) is 26.0 Å². The molecule has 0 radical (unpaired) electrons. The van der Waals surface area contributed by atoms with E-state index in [0.717, 1.165) is 24.0 Å². The molecule has 0 amide bonds. The van der Waals surface area contributed by atoms with Crippen molar-refractivity contribution in [3.8, 4) is 11.5 Å². The molecule has 0 unspecified atom stereocenters. The van der Waals surface area contributed by atoms with Crippen LogP contribution in [-0.4, -0.2) is 20.1 Å².